The van der Waals surface area contributed by atoms with E-state index in [9.17, 15) is 9.59 Å². The number of nitrogens with zero attached hydrogens (tertiary/aromatic N) is 1. The van der Waals surface area contributed by atoms with E-state index < -0.39 is 0 Å². The topological polar surface area (TPSA) is 49.4 Å². The first-order valence-electron chi connectivity index (χ1n) is 4.46. The van der Waals surface area contributed by atoms with E-state index in [0.717, 1.165) is 12.8 Å². The van der Waals surface area contributed by atoms with E-state index in [1.54, 1.807) is 18.9 Å². The average molecular weight is 188 g/mol. The van der Waals surface area contributed by atoms with Gasteiger partial charge in [-0.3, -0.25) is 4.79 Å². The Balaban J connectivity index is 0. The maximum Gasteiger partial charge on any atom is 0.225 e. The van der Waals surface area contributed by atoms with Crippen LogP contribution < -0.4 is 5.32 Å². The molecule has 1 amide bonds. The van der Waals surface area contributed by atoms with Gasteiger partial charge in [-0.25, -0.2) is 0 Å². The monoisotopic (exact) mass is 188 g/mol. The zero-order valence-electron chi connectivity index (χ0n) is 8.54. The standard InChI is InChI=1S/C9H18N2O2.H2/c1-8(4-7-12)9(13)11(3)6-5-10-2;/h7-8,10H,4-6H2,1-3H3;1H. The molecule has 1 atom stereocenters. The van der Waals surface area contributed by atoms with E-state index >= 15 is 0 Å². The molecule has 13 heavy (non-hydrogen) atoms. The van der Waals surface area contributed by atoms with Crippen LogP contribution in [0.1, 0.15) is 14.8 Å². The van der Waals surface area contributed by atoms with Crippen molar-refractivity contribution in [2.24, 2.45) is 5.92 Å². The summed E-state index contributed by atoms with van der Waals surface area (Å²) >= 11 is 0. The fourth-order valence-electron chi connectivity index (χ4n) is 1.01. The van der Waals surface area contributed by atoms with Gasteiger partial charge in [0.1, 0.15) is 6.29 Å². The quantitative estimate of drug-likeness (QED) is 0.603. The summed E-state index contributed by atoms with van der Waals surface area (Å²) in [4.78, 5) is 23.3. The molecule has 0 aliphatic carbocycles. The van der Waals surface area contributed by atoms with Crippen molar-refractivity contribution in [1.82, 2.24) is 10.2 Å². The van der Waals surface area contributed by atoms with Crippen molar-refractivity contribution < 1.29 is 11.0 Å². The number of hydrogen-bond donors (Lipinski definition) is 1. The number of hydrogen-bond acceptors (Lipinski definition) is 3. The summed E-state index contributed by atoms with van der Waals surface area (Å²) in [5.41, 5.74) is 0. The molecule has 0 aliphatic heterocycles. The van der Waals surface area contributed by atoms with Crippen LogP contribution >= 0.6 is 0 Å². The molecule has 0 bridgehead atoms. The zero-order valence-corrected chi connectivity index (χ0v) is 8.54. The summed E-state index contributed by atoms with van der Waals surface area (Å²) in [7, 11) is 3.59. The van der Waals surface area contributed by atoms with Crippen molar-refractivity contribution in [1.29, 1.82) is 0 Å². The fourth-order valence-corrected chi connectivity index (χ4v) is 1.01. The average Bonchev–Trinajstić information content (AvgIpc) is 2.13. The molecule has 0 saturated carbocycles. The molecule has 1 N–H and O–H groups in total. The van der Waals surface area contributed by atoms with Crippen molar-refractivity contribution in [3.8, 4) is 0 Å². The number of nitrogens with one attached hydrogen (secondary N) is 1. The van der Waals surface area contributed by atoms with E-state index in [-0.39, 0.29) is 13.3 Å². The van der Waals surface area contributed by atoms with Gasteiger partial charge in [-0.1, -0.05) is 6.92 Å². The SMILES string of the molecule is CNCCN(C)C(=O)C(C)CC=O.[HH]. The van der Waals surface area contributed by atoms with Gasteiger partial charge in [0.15, 0.2) is 0 Å². The number of rotatable bonds is 6. The Hall–Kier alpha value is -0.900. The zero-order chi connectivity index (χ0) is 10.3. The van der Waals surface area contributed by atoms with Crippen LogP contribution in [0.25, 0.3) is 0 Å². The molecule has 0 aromatic heterocycles. The number of aldehydes is 1. The highest BCUT2D eigenvalue weighted by molar-refractivity contribution is 5.80. The first kappa shape index (κ1) is 12.1. The molecule has 4 heteroatoms. The van der Waals surface area contributed by atoms with Gasteiger partial charge in [-0.15, -0.1) is 0 Å². The Morgan fingerprint density at radius 1 is 1.69 bits per heavy atom. The fraction of sp³-hybridized carbons (Fsp3) is 0.778. The number of likely N-dealkylation sites (N-methyl/N-ethyl adjacent to an activating group) is 2. The molecule has 0 aliphatic rings. The Kier molecular flexibility index (Phi) is 6.14. The van der Waals surface area contributed by atoms with Gasteiger partial charge in [0.25, 0.3) is 0 Å². The van der Waals surface area contributed by atoms with Crippen molar-refractivity contribution in [3.05, 3.63) is 0 Å². The van der Waals surface area contributed by atoms with Gasteiger partial charge < -0.3 is 15.0 Å². The third-order valence-corrected chi connectivity index (χ3v) is 1.94. The van der Waals surface area contributed by atoms with Crippen LogP contribution in [0.15, 0.2) is 0 Å². The second-order valence-electron chi connectivity index (χ2n) is 3.17. The molecule has 0 heterocycles. The smallest absolute Gasteiger partial charge is 0.225 e. The van der Waals surface area contributed by atoms with Gasteiger partial charge in [-0.2, -0.15) is 0 Å². The lowest BCUT2D eigenvalue weighted by atomic mass is 10.1. The molecule has 0 spiro atoms. The van der Waals surface area contributed by atoms with Crippen LogP contribution in [0, 0.1) is 5.92 Å². The van der Waals surface area contributed by atoms with Gasteiger partial charge >= 0.3 is 0 Å². The number of amides is 1. The lowest BCUT2D eigenvalue weighted by molar-refractivity contribution is -0.134. The molecule has 78 valence electrons. The van der Waals surface area contributed by atoms with Crippen molar-refractivity contribution in [3.63, 3.8) is 0 Å². The van der Waals surface area contributed by atoms with Gasteiger partial charge in [0, 0.05) is 33.9 Å². The molecule has 4 nitrogen and oxygen atoms in total. The minimum Gasteiger partial charge on any atom is -0.344 e. The minimum absolute atomic E-state index is 0. The van der Waals surface area contributed by atoms with Crippen molar-refractivity contribution in [2.45, 2.75) is 13.3 Å². The second kappa shape index (κ2) is 6.60. The third-order valence-electron chi connectivity index (χ3n) is 1.94. The van der Waals surface area contributed by atoms with Gasteiger partial charge in [-0.05, 0) is 7.05 Å². The molecular formula is C9H20N2O2. The largest absolute Gasteiger partial charge is 0.344 e. The molecule has 0 fully saturated rings. The molecule has 0 aromatic rings. The van der Waals surface area contributed by atoms with E-state index in [1.807, 2.05) is 7.05 Å². The van der Waals surface area contributed by atoms with Crippen LogP contribution in [0.3, 0.4) is 0 Å². The maximum absolute atomic E-state index is 11.5. The lowest BCUT2D eigenvalue weighted by Crippen LogP contribution is -2.36. The molecule has 0 saturated heterocycles. The number of carbonyl (C=O) groups is 2. The van der Waals surface area contributed by atoms with Gasteiger partial charge in [0.2, 0.25) is 5.91 Å². The normalized spacial score (nSPS) is 12.2. The summed E-state index contributed by atoms with van der Waals surface area (Å²) in [5, 5.41) is 2.96. The first-order chi connectivity index (χ1) is 6.13. The molecule has 1 unspecified atom stereocenters. The summed E-state index contributed by atoms with van der Waals surface area (Å²) < 4.78 is 0. The van der Waals surface area contributed by atoms with Crippen LogP contribution in [-0.2, 0) is 9.59 Å². The summed E-state index contributed by atoms with van der Waals surface area (Å²) in [5.74, 6) is -0.165. The van der Waals surface area contributed by atoms with Crippen LogP contribution in [0.2, 0.25) is 0 Å². The predicted octanol–water partition coefficient (Wildman–Crippen LogP) is 0.135. The summed E-state index contributed by atoms with van der Waals surface area (Å²) in [6.07, 6.45) is 1.09. The Morgan fingerprint density at radius 2 is 2.31 bits per heavy atom. The maximum atomic E-state index is 11.5. The van der Waals surface area contributed by atoms with Gasteiger partial charge in [0.05, 0.1) is 0 Å². The summed E-state index contributed by atoms with van der Waals surface area (Å²) in [6, 6.07) is 0. The highest BCUT2D eigenvalue weighted by Crippen LogP contribution is 2.03. The first-order valence-corrected chi connectivity index (χ1v) is 4.46. The minimum atomic E-state index is -0.195. The second-order valence-corrected chi connectivity index (χ2v) is 3.17. The van der Waals surface area contributed by atoms with Crippen LogP contribution in [0.5, 0.6) is 0 Å². The Morgan fingerprint density at radius 3 is 2.77 bits per heavy atom. The lowest BCUT2D eigenvalue weighted by Gasteiger charge is -2.19. The van der Waals surface area contributed by atoms with Crippen LogP contribution in [0.4, 0.5) is 0 Å². The molecular weight excluding hydrogens is 168 g/mol. The van der Waals surface area contributed by atoms with E-state index in [2.05, 4.69) is 5.32 Å². The van der Waals surface area contributed by atoms with E-state index in [4.69, 9.17) is 0 Å². The van der Waals surface area contributed by atoms with Crippen molar-refractivity contribution >= 4 is 12.2 Å². The molecule has 0 radical (unpaired) electrons. The molecule has 0 aromatic carbocycles. The Labute approximate surface area is 80.8 Å². The highest BCUT2D eigenvalue weighted by atomic mass is 16.2. The van der Waals surface area contributed by atoms with Crippen LogP contribution in [-0.4, -0.2) is 44.3 Å². The molecule has 0 rings (SSSR count). The predicted molar refractivity (Wildman–Crippen MR) is 53.5 cm³/mol. The Bertz CT molecular complexity index is 176. The third kappa shape index (κ3) is 4.62. The highest BCUT2D eigenvalue weighted by Gasteiger charge is 2.15. The number of carbonyl (C=O) groups excluding carboxylic acids is 2. The van der Waals surface area contributed by atoms with Crippen molar-refractivity contribution in [2.75, 3.05) is 27.2 Å². The van der Waals surface area contributed by atoms with E-state index in [1.165, 1.54) is 0 Å². The summed E-state index contributed by atoms with van der Waals surface area (Å²) in [6.45, 7) is 3.22. The van der Waals surface area contributed by atoms with E-state index in [0.29, 0.717) is 13.0 Å².